The summed E-state index contributed by atoms with van der Waals surface area (Å²) < 4.78 is 7.39. The zero-order valence-corrected chi connectivity index (χ0v) is 13.0. The molecule has 4 nitrogen and oxygen atoms in total. The van der Waals surface area contributed by atoms with Gasteiger partial charge in [0.05, 0.1) is 28.4 Å². The first-order valence-electron chi connectivity index (χ1n) is 7.40. The summed E-state index contributed by atoms with van der Waals surface area (Å²) in [6, 6.07) is 7.44. The second kappa shape index (κ2) is 5.78. The first-order valence-corrected chi connectivity index (χ1v) is 7.84. The zero-order chi connectivity index (χ0) is 15.0. The summed E-state index contributed by atoms with van der Waals surface area (Å²) in [4.78, 5) is 17.6. The van der Waals surface area contributed by atoms with Crippen LogP contribution < -0.4 is 5.56 Å². The van der Waals surface area contributed by atoms with Gasteiger partial charge in [-0.1, -0.05) is 19.1 Å². The van der Waals surface area contributed by atoms with Crippen LogP contribution in [0, 0.1) is 0 Å². The van der Waals surface area contributed by atoms with Crippen molar-refractivity contribution in [3.8, 4) is 0 Å². The maximum absolute atomic E-state index is 12.9. The van der Waals surface area contributed by atoms with Gasteiger partial charge < -0.3 is 4.74 Å². The van der Waals surface area contributed by atoms with Gasteiger partial charge in [0, 0.05) is 6.61 Å². The number of aromatic nitrogens is 2. The van der Waals surface area contributed by atoms with E-state index < -0.39 is 0 Å². The summed E-state index contributed by atoms with van der Waals surface area (Å²) in [5.41, 5.74) is 0.691. The van der Waals surface area contributed by atoms with Gasteiger partial charge in [-0.25, -0.2) is 4.98 Å². The standard InChI is InChI=1S/C16H19ClN2O2/c1-3-12(17)15-18-13-7-5-4-6-11(13)16(20)19(15)14-8-9-21-10(14)2/h4-7,10,12,14H,3,8-9H2,1-2H3. The number of hydrogen-bond acceptors (Lipinski definition) is 3. The molecule has 0 N–H and O–H groups in total. The van der Waals surface area contributed by atoms with E-state index in [-0.39, 0.29) is 23.1 Å². The van der Waals surface area contributed by atoms with Gasteiger partial charge in [-0.15, -0.1) is 11.6 Å². The summed E-state index contributed by atoms with van der Waals surface area (Å²) in [6.45, 7) is 4.67. The predicted molar refractivity (Wildman–Crippen MR) is 84.0 cm³/mol. The van der Waals surface area contributed by atoms with E-state index in [0.29, 0.717) is 23.3 Å². The minimum absolute atomic E-state index is 0.00475. The van der Waals surface area contributed by atoms with Crippen molar-refractivity contribution in [2.75, 3.05) is 6.61 Å². The third-order valence-electron chi connectivity index (χ3n) is 4.14. The highest BCUT2D eigenvalue weighted by Gasteiger charge is 2.30. The quantitative estimate of drug-likeness (QED) is 0.816. The lowest BCUT2D eigenvalue weighted by atomic mass is 10.1. The highest BCUT2D eigenvalue weighted by atomic mass is 35.5. The number of halogens is 1. The average Bonchev–Trinajstić information content (AvgIpc) is 2.92. The molecule has 1 aromatic heterocycles. The number of nitrogens with zero attached hydrogens (tertiary/aromatic N) is 2. The molecule has 3 atom stereocenters. The number of hydrogen-bond donors (Lipinski definition) is 0. The largest absolute Gasteiger partial charge is 0.376 e. The molecule has 0 amide bonds. The van der Waals surface area contributed by atoms with Gasteiger partial charge in [-0.3, -0.25) is 9.36 Å². The first kappa shape index (κ1) is 14.5. The molecule has 2 aromatic rings. The van der Waals surface area contributed by atoms with Gasteiger partial charge in [0.2, 0.25) is 0 Å². The first-order chi connectivity index (χ1) is 10.1. The zero-order valence-electron chi connectivity index (χ0n) is 12.3. The van der Waals surface area contributed by atoms with Crippen LogP contribution in [0.2, 0.25) is 0 Å². The van der Waals surface area contributed by atoms with Crippen molar-refractivity contribution in [2.24, 2.45) is 0 Å². The Balaban J connectivity index is 2.28. The summed E-state index contributed by atoms with van der Waals surface area (Å²) in [7, 11) is 0. The fourth-order valence-corrected chi connectivity index (χ4v) is 3.10. The molecule has 0 radical (unpaired) electrons. The normalized spacial score (nSPS) is 23.6. The van der Waals surface area contributed by atoms with E-state index in [1.807, 2.05) is 38.1 Å². The van der Waals surface area contributed by atoms with Gasteiger partial charge >= 0.3 is 0 Å². The lowest BCUT2D eigenvalue weighted by Gasteiger charge is -2.23. The maximum atomic E-state index is 12.9. The molecule has 0 saturated carbocycles. The summed E-state index contributed by atoms with van der Waals surface area (Å²) >= 11 is 6.43. The Labute approximate surface area is 128 Å². The molecule has 5 heteroatoms. The maximum Gasteiger partial charge on any atom is 0.261 e. The van der Waals surface area contributed by atoms with Crippen molar-refractivity contribution in [1.82, 2.24) is 9.55 Å². The molecule has 0 spiro atoms. The highest BCUT2D eigenvalue weighted by Crippen LogP contribution is 2.30. The number of para-hydroxylation sites is 1. The molecule has 0 bridgehead atoms. The third kappa shape index (κ3) is 2.47. The SMILES string of the molecule is CCC(Cl)c1nc2ccccc2c(=O)n1C1CCOC1C. The predicted octanol–water partition coefficient (Wildman–Crippen LogP) is 3.44. The van der Waals surface area contributed by atoms with Crippen LogP contribution in [0.4, 0.5) is 0 Å². The van der Waals surface area contributed by atoms with E-state index in [1.54, 1.807) is 4.57 Å². The number of alkyl halides is 1. The minimum Gasteiger partial charge on any atom is -0.376 e. The molecule has 112 valence electrons. The van der Waals surface area contributed by atoms with Crippen LogP contribution in [0.3, 0.4) is 0 Å². The van der Waals surface area contributed by atoms with Crippen molar-refractivity contribution in [3.63, 3.8) is 0 Å². The topological polar surface area (TPSA) is 44.1 Å². The van der Waals surface area contributed by atoms with Crippen LogP contribution in [0.5, 0.6) is 0 Å². The molecular formula is C16H19ClN2O2. The van der Waals surface area contributed by atoms with Crippen molar-refractivity contribution in [1.29, 1.82) is 0 Å². The summed E-state index contributed by atoms with van der Waals surface area (Å²) in [5, 5.41) is 0.371. The van der Waals surface area contributed by atoms with E-state index in [1.165, 1.54) is 0 Å². The van der Waals surface area contributed by atoms with Crippen molar-refractivity contribution in [3.05, 3.63) is 40.4 Å². The molecular weight excluding hydrogens is 288 g/mol. The fourth-order valence-electron chi connectivity index (χ4n) is 2.95. The van der Waals surface area contributed by atoms with Crippen molar-refractivity contribution < 1.29 is 4.74 Å². The van der Waals surface area contributed by atoms with E-state index in [0.717, 1.165) is 12.8 Å². The van der Waals surface area contributed by atoms with Crippen molar-refractivity contribution >= 4 is 22.5 Å². The fraction of sp³-hybridized carbons (Fsp3) is 0.500. The lowest BCUT2D eigenvalue weighted by Crippen LogP contribution is -2.33. The van der Waals surface area contributed by atoms with E-state index >= 15 is 0 Å². The van der Waals surface area contributed by atoms with Crippen LogP contribution in [-0.4, -0.2) is 22.3 Å². The van der Waals surface area contributed by atoms with Crippen LogP contribution >= 0.6 is 11.6 Å². The van der Waals surface area contributed by atoms with Crippen LogP contribution in [0.25, 0.3) is 10.9 Å². The lowest BCUT2D eigenvalue weighted by molar-refractivity contribution is 0.106. The summed E-state index contributed by atoms with van der Waals surface area (Å²) in [6.07, 6.45) is 1.56. The van der Waals surface area contributed by atoms with Crippen LogP contribution in [-0.2, 0) is 4.74 Å². The summed E-state index contributed by atoms with van der Waals surface area (Å²) in [5.74, 6) is 0.658. The number of rotatable bonds is 3. The molecule has 21 heavy (non-hydrogen) atoms. The molecule has 0 aliphatic carbocycles. The smallest absolute Gasteiger partial charge is 0.261 e. The van der Waals surface area contributed by atoms with Gasteiger partial charge in [-0.2, -0.15) is 0 Å². The molecule has 1 aliphatic heterocycles. The third-order valence-corrected chi connectivity index (χ3v) is 4.65. The molecule has 1 fully saturated rings. The van der Waals surface area contributed by atoms with Gasteiger partial charge in [0.1, 0.15) is 5.82 Å². The number of ether oxygens (including phenoxy) is 1. The Bertz CT molecular complexity index is 713. The second-order valence-electron chi connectivity index (χ2n) is 5.47. The van der Waals surface area contributed by atoms with Crippen LogP contribution in [0.1, 0.15) is 43.9 Å². The van der Waals surface area contributed by atoms with Crippen molar-refractivity contribution in [2.45, 2.75) is 44.2 Å². The number of benzene rings is 1. The molecule has 3 unspecified atom stereocenters. The monoisotopic (exact) mass is 306 g/mol. The Kier molecular flexibility index (Phi) is 4.00. The van der Waals surface area contributed by atoms with E-state index in [2.05, 4.69) is 4.98 Å². The Morgan fingerprint density at radius 2 is 2.24 bits per heavy atom. The van der Waals surface area contributed by atoms with Gasteiger partial charge in [-0.05, 0) is 31.9 Å². The average molecular weight is 307 g/mol. The van der Waals surface area contributed by atoms with Crippen LogP contribution in [0.15, 0.2) is 29.1 Å². The molecule has 1 saturated heterocycles. The van der Waals surface area contributed by atoms with Gasteiger partial charge in [0.25, 0.3) is 5.56 Å². The van der Waals surface area contributed by atoms with E-state index in [9.17, 15) is 4.79 Å². The Morgan fingerprint density at radius 3 is 2.90 bits per heavy atom. The molecule has 1 aliphatic rings. The Morgan fingerprint density at radius 1 is 1.48 bits per heavy atom. The molecule has 3 rings (SSSR count). The molecule has 2 heterocycles. The Hall–Kier alpha value is -1.39. The van der Waals surface area contributed by atoms with Gasteiger partial charge in [0.15, 0.2) is 0 Å². The number of fused-ring (bicyclic) bond motifs is 1. The highest BCUT2D eigenvalue weighted by molar-refractivity contribution is 6.20. The molecule has 1 aromatic carbocycles. The minimum atomic E-state index is -0.268. The van der Waals surface area contributed by atoms with E-state index in [4.69, 9.17) is 16.3 Å². The second-order valence-corrected chi connectivity index (χ2v) is 6.00.